The quantitative estimate of drug-likeness (QED) is 0.825. The predicted molar refractivity (Wildman–Crippen MR) is 69.8 cm³/mol. The van der Waals surface area contributed by atoms with Gasteiger partial charge in [-0.1, -0.05) is 0 Å². The van der Waals surface area contributed by atoms with Crippen LogP contribution in [-0.2, 0) is 13.6 Å². The van der Waals surface area contributed by atoms with Gasteiger partial charge in [0, 0.05) is 38.6 Å². The van der Waals surface area contributed by atoms with Gasteiger partial charge in [0.15, 0.2) is 0 Å². The molecule has 2 aromatic heterocycles. The van der Waals surface area contributed by atoms with Gasteiger partial charge >= 0.3 is 0 Å². The van der Waals surface area contributed by atoms with E-state index in [2.05, 4.69) is 10.1 Å². The number of ether oxygens (including phenoxy) is 1. The van der Waals surface area contributed by atoms with E-state index in [4.69, 9.17) is 4.74 Å². The van der Waals surface area contributed by atoms with Crippen molar-refractivity contribution in [1.29, 1.82) is 0 Å². The molecule has 0 aliphatic carbocycles. The molecule has 0 N–H and O–H groups in total. The van der Waals surface area contributed by atoms with Gasteiger partial charge in [0.05, 0.1) is 13.3 Å². The highest BCUT2D eigenvalue weighted by atomic mass is 16.5. The van der Waals surface area contributed by atoms with Crippen LogP contribution in [0.25, 0.3) is 0 Å². The van der Waals surface area contributed by atoms with Crippen molar-refractivity contribution in [1.82, 2.24) is 19.7 Å². The van der Waals surface area contributed by atoms with Gasteiger partial charge in [-0.25, -0.2) is 4.98 Å². The predicted octanol–water partition coefficient (Wildman–Crippen LogP) is 1.10. The first-order valence-corrected chi connectivity index (χ1v) is 5.84. The molecule has 0 fully saturated rings. The summed E-state index contributed by atoms with van der Waals surface area (Å²) in [5.74, 6) is 0.208. The fourth-order valence-corrected chi connectivity index (χ4v) is 1.82. The lowest BCUT2D eigenvalue weighted by Gasteiger charge is -2.17. The molecule has 0 aromatic carbocycles. The van der Waals surface area contributed by atoms with Crippen LogP contribution in [0, 0.1) is 0 Å². The Labute approximate surface area is 111 Å². The van der Waals surface area contributed by atoms with Crippen molar-refractivity contribution in [2.45, 2.75) is 6.54 Å². The molecule has 0 bridgehead atoms. The first-order valence-electron chi connectivity index (χ1n) is 5.84. The SMILES string of the molecule is COc1ncccc1C(=O)N(C)Cc1cnn(C)c1. The zero-order valence-electron chi connectivity index (χ0n) is 11.2. The second-order valence-corrected chi connectivity index (χ2v) is 4.24. The molecule has 0 unspecified atom stereocenters. The van der Waals surface area contributed by atoms with E-state index in [0.29, 0.717) is 18.0 Å². The summed E-state index contributed by atoms with van der Waals surface area (Å²) in [5.41, 5.74) is 1.43. The number of rotatable bonds is 4. The summed E-state index contributed by atoms with van der Waals surface area (Å²) in [6.45, 7) is 0.491. The first-order chi connectivity index (χ1) is 9.11. The fraction of sp³-hybridized carbons (Fsp3) is 0.308. The molecule has 100 valence electrons. The van der Waals surface area contributed by atoms with E-state index in [1.54, 1.807) is 41.2 Å². The van der Waals surface area contributed by atoms with E-state index < -0.39 is 0 Å². The lowest BCUT2D eigenvalue weighted by molar-refractivity contribution is 0.0781. The van der Waals surface area contributed by atoms with Gasteiger partial charge < -0.3 is 9.64 Å². The van der Waals surface area contributed by atoms with Crippen LogP contribution in [0.1, 0.15) is 15.9 Å². The maximum atomic E-state index is 12.3. The normalized spacial score (nSPS) is 10.3. The van der Waals surface area contributed by atoms with Crippen LogP contribution in [0.3, 0.4) is 0 Å². The minimum absolute atomic E-state index is 0.131. The summed E-state index contributed by atoms with van der Waals surface area (Å²) in [6, 6.07) is 3.42. The molecule has 6 nitrogen and oxygen atoms in total. The summed E-state index contributed by atoms with van der Waals surface area (Å²) < 4.78 is 6.80. The Morgan fingerprint density at radius 3 is 2.95 bits per heavy atom. The molecule has 6 heteroatoms. The van der Waals surface area contributed by atoms with E-state index in [9.17, 15) is 4.79 Å². The zero-order chi connectivity index (χ0) is 13.8. The Morgan fingerprint density at radius 1 is 1.53 bits per heavy atom. The summed E-state index contributed by atoms with van der Waals surface area (Å²) >= 11 is 0. The number of nitrogens with zero attached hydrogens (tertiary/aromatic N) is 4. The highest BCUT2D eigenvalue weighted by Gasteiger charge is 2.17. The highest BCUT2D eigenvalue weighted by Crippen LogP contribution is 2.16. The largest absolute Gasteiger partial charge is 0.480 e. The first kappa shape index (κ1) is 13.1. The number of carbonyl (C=O) groups is 1. The zero-order valence-corrected chi connectivity index (χ0v) is 11.2. The number of methoxy groups -OCH3 is 1. The molecule has 0 spiro atoms. The van der Waals surface area contributed by atoms with Crippen LogP contribution in [0.2, 0.25) is 0 Å². The molecule has 19 heavy (non-hydrogen) atoms. The molecule has 0 aliphatic heterocycles. The van der Waals surface area contributed by atoms with Crippen LogP contribution >= 0.6 is 0 Å². The number of aryl methyl sites for hydroxylation is 1. The Bertz CT molecular complexity index is 580. The van der Waals surface area contributed by atoms with Gasteiger partial charge in [-0.3, -0.25) is 9.48 Å². The fourth-order valence-electron chi connectivity index (χ4n) is 1.82. The number of hydrogen-bond donors (Lipinski definition) is 0. The van der Waals surface area contributed by atoms with Crippen molar-refractivity contribution in [3.05, 3.63) is 41.9 Å². The molecule has 0 saturated heterocycles. The Balaban J connectivity index is 2.14. The third kappa shape index (κ3) is 2.90. The van der Waals surface area contributed by atoms with Gasteiger partial charge in [0.25, 0.3) is 5.91 Å². The van der Waals surface area contributed by atoms with E-state index in [-0.39, 0.29) is 5.91 Å². The van der Waals surface area contributed by atoms with Crippen molar-refractivity contribution < 1.29 is 9.53 Å². The Kier molecular flexibility index (Phi) is 3.79. The van der Waals surface area contributed by atoms with Crippen molar-refractivity contribution in [2.75, 3.05) is 14.2 Å². The minimum Gasteiger partial charge on any atom is -0.480 e. The summed E-state index contributed by atoms with van der Waals surface area (Å²) in [6.07, 6.45) is 5.21. The van der Waals surface area contributed by atoms with Crippen LogP contribution < -0.4 is 4.74 Å². The number of pyridine rings is 1. The van der Waals surface area contributed by atoms with E-state index in [1.807, 2.05) is 13.2 Å². The average Bonchev–Trinajstić information content (AvgIpc) is 2.83. The van der Waals surface area contributed by atoms with Gasteiger partial charge in [-0.05, 0) is 12.1 Å². The molecular weight excluding hydrogens is 244 g/mol. The standard InChI is InChI=1S/C13H16N4O2/c1-16(8-10-7-15-17(2)9-10)13(18)11-5-4-6-14-12(11)19-3/h4-7,9H,8H2,1-3H3. The Morgan fingerprint density at radius 2 is 2.32 bits per heavy atom. The maximum Gasteiger partial charge on any atom is 0.259 e. The molecule has 0 atom stereocenters. The van der Waals surface area contributed by atoms with Crippen LogP contribution in [0.5, 0.6) is 5.88 Å². The summed E-state index contributed by atoms with van der Waals surface area (Å²) in [4.78, 5) is 17.9. The monoisotopic (exact) mass is 260 g/mol. The topological polar surface area (TPSA) is 60.2 Å². The molecule has 2 aromatic rings. The van der Waals surface area contributed by atoms with Crippen LogP contribution in [0.15, 0.2) is 30.7 Å². The number of carbonyl (C=O) groups excluding carboxylic acids is 1. The van der Waals surface area contributed by atoms with Crippen molar-refractivity contribution in [2.24, 2.45) is 7.05 Å². The van der Waals surface area contributed by atoms with Crippen LogP contribution in [-0.4, -0.2) is 39.7 Å². The van der Waals surface area contributed by atoms with E-state index >= 15 is 0 Å². The molecule has 2 rings (SSSR count). The number of amides is 1. The number of aromatic nitrogens is 3. The highest BCUT2D eigenvalue weighted by molar-refractivity contribution is 5.96. The van der Waals surface area contributed by atoms with E-state index in [1.165, 1.54) is 7.11 Å². The van der Waals surface area contributed by atoms with Crippen molar-refractivity contribution in [3.8, 4) is 5.88 Å². The second-order valence-electron chi connectivity index (χ2n) is 4.24. The van der Waals surface area contributed by atoms with Crippen molar-refractivity contribution >= 4 is 5.91 Å². The lowest BCUT2D eigenvalue weighted by Crippen LogP contribution is -2.26. The minimum atomic E-state index is -0.131. The lowest BCUT2D eigenvalue weighted by atomic mass is 10.2. The molecule has 1 amide bonds. The van der Waals surface area contributed by atoms with E-state index in [0.717, 1.165) is 5.56 Å². The smallest absolute Gasteiger partial charge is 0.259 e. The maximum absolute atomic E-state index is 12.3. The van der Waals surface area contributed by atoms with Gasteiger partial charge in [0.2, 0.25) is 5.88 Å². The molecule has 2 heterocycles. The third-order valence-electron chi connectivity index (χ3n) is 2.72. The van der Waals surface area contributed by atoms with Crippen molar-refractivity contribution in [3.63, 3.8) is 0 Å². The number of hydrogen-bond acceptors (Lipinski definition) is 4. The Hall–Kier alpha value is -2.37. The van der Waals surface area contributed by atoms with Gasteiger partial charge in [0.1, 0.15) is 5.56 Å². The summed E-state index contributed by atoms with van der Waals surface area (Å²) in [7, 11) is 5.08. The average molecular weight is 260 g/mol. The molecule has 0 radical (unpaired) electrons. The second kappa shape index (κ2) is 5.51. The molecule has 0 saturated carbocycles. The van der Waals surface area contributed by atoms with Crippen LogP contribution in [0.4, 0.5) is 0 Å². The van der Waals surface area contributed by atoms with Gasteiger partial charge in [-0.2, -0.15) is 5.10 Å². The molecular formula is C13H16N4O2. The molecule has 0 aliphatic rings. The van der Waals surface area contributed by atoms with Gasteiger partial charge in [-0.15, -0.1) is 0 Å². The third-order valence-corrected chi connectivity index (χ3v) is 2.72. The summed E-state index contributed by atoms with van der Waals surface area (Å²) in [5, 5.41) is 4.08.